The van der Waals surface area contributed by atoms with Crippen LogP contribution in [0.3, 0.4) is 0 Å². The van der Waals surface area contributed by atoms with Gasteiger partial charge in [0.1, 0.15) is 17.1 Å². The van der Waals surface area contributed by atoms with Crippen molar-refractivity contribution in [3.8, 4) is 33.8 Å². The quantitative estimate of drug-likeness (QED) is 0.153. The van der Waals surface area contributed by atoms with Crippen LogP contribution in [-0.4, -0.2) is 71.2 Å². The molecule has 0 spiro atoms. The third-order valence-corrected chi connectivity index (χ3v) is 8.91. The second-order valence-corrected chi connectivity index (χ2v) is 12.4. The molecule has 8 rings (SSSR count). The van der Waals surface area contributed by atoms with Gasteiger partial charge < -0.3 is 4.98 Å². The first-order valence-electron chi connectivity index (χ1n) is 15.1. The minimum absolute atomic E-state index is 0.139. The molecule has 0 bridgehead atoms. The van der Waals surface area contributed by atoms with Crippen LogP contribution < -0.4 is 5.32 Å². The maximum Gasteiger partial charge on any atom is 0.261 e. The second-order valence-electron chi connectivity index (χ2n) is 12.4. The predicted molar refractivity (Wildman–Crippen MR) is 168 cm³/mol. The number of para-hydroxylation sites is 1. The van der Waals surface area contributed by atoms with E-state index in [9.17, 15) is 22.8 Å². The number of ketones is 2. The summed E-state index contributed by atoms with van der Waals surface area (Å²) in [6.07, 6.45) is 4.95. The number of rotatable bonds is 8. The fraction of sp³-hybridized carbons (Fsp3) is 0.235. The molecule has 47 heavy (non-hydrogen) atoms. The van der Waals surface area contributed by atoms with Gasteiger partial charge in [-0.1, -0.05) is 12.1 Å². The molecule has 1 saturated carbocycles. The van der Waals surface area contributed by atoms with Crippen LogP contribution in [0.25, 0.3) is 55.8 Å². The monoisotopic (exact) mass is 636 g/mol. The highest BCUT2D eigenvalue weighted by molar-refractivity contribution is 6.66. The van der Waals surface area contributed by atoms with E-state index in [2.05, 4.69) is 30.5 Å². The number of halogens is 3. The molecule has 1 aliphatic heterocycles. The summed E-state index contributed by atoms with van der Waals surface area (Å²) < 4.78 is 42.2. The number of nitrogens with one attached hydrogen (secondary N) is 3. The predicted octanol–water partition coefficient (Wildman–Crippen LogP) is 5.21. The molecule has 0 unspecified atom stereocenters. The average Bonchev–Trinajstić information content (AvgIpc) is 3.58. The van der Waals surface area contributed by atoms with Crippen LogP contribution in [0, 0.1) is 5.82 Å². The van der Waals surface area contributed by atoms with E-state index in [1.165, 1.54) is 19.1 Å². The molecule has 2 aromatic carbocycles. The molecule has 13 heteroatoms. The number of likely N-dealkylation sites (tertiary alicyclic amines) is 1. The van der Waals surface area contributed by atoms with Gasteiger partial charge in [0.2, 0.25) is 11.6 Å². The molecule has 0 radical (unpaired) electrons. The van der Waals surface area contributed by atoms with Gasteiger partial charge in [0.05, 0.1) is 23.0 Å². The number of hydrogen-bond acceptors (Lipinski definition) is 8. The number of aromatic nitrogens is 6. The first-order valence-corrected chi connectivity index (χ1v) is 15.1. The number of fused-ring (bicyclic) bond motifs is 2. The van der Waals surface area contributed by atoms with Gasteiger partial charge in [-0.2, -0.15) is 5.10 Å². The van der Waals surface area contributed by atoms with Crippen molar-refractivity contribution >= 4 is 33.6 Å². The summed E-state index contributed by atoms with van der Waals surface area (Å²) in [5.74, 6) is -3.57. The average molecular weight is 637 g/mol. The summed E-state index contributed by atoms with van der Waals surface area (Å²) in [5, 5.41) is 11.0. The van der Waals surface area contributed by atoms with Crippen LogP contribution in [0.2, 0.25) is 0 Å². The van der Waals surface area contributed by atoms with E-state index in [1.54, 1.807) is 29.6 Å². The molecule has 4 aromatic heterocycles. The summed E-state index contributed by atoms with van der Waals surface area (Å²) >= 11 is 0. The highest BCUT2D eigenvalue weighted by atomic mass is 19.3. The zero-order valence-electron chi connectivity index (χ0n) is 25.1. The molecule has 1 saturated heterocycles. The first-order chi connectivity index (χ1) is 22.6. The summed E-state index contributed by atoms with van der Waals surface area (Å²) in [4.78, 5) is 42.2. The van der Waals surface area contributed by atoms with Crippen LogP contribution >= 0.6 is 0 Å². The fourth-order valence-electron chi connectivity index (χ4n) is 6.22. The Hall–Kier alpha value is -5.27. The number of aromatic amines is 2. The fourth-order valence-corrected chi connectivity index (χ4v) is 6.22. The smallest absolute Gasteiger partial charge is 0.261 e. The molecule has 10 nitrogen and oxygen atoms in total. The van der Waals surface area contributed by atoms with E-state index in [0.29, 0.717) is 57.8 Å². The lowest BCUT2D eigenvalue weighted by atomic mass is 10.0. The van der Waals surface area contributed by atoms with Gasteiger partial charge in [-0.3, -0.25) is 29.9 Å². The molecule has 0 atom stereocenters. The molecular weight excluding hydrogens is 609 g/mol. The summed E-state index contributed by atoms with van der Waals surface area (Å²) in [6, 6.07) is 14.0. The van der Waals surface area contributed by atoms with Crippen molar-refractivity contribution in [1.82, 2.24) is 40.3 Å². The molecule has 6 aromatic rings. The van der Waals surface area contributed by atoms with Gasteiger partial charge in [0.25, 0.3) is 5.92 Å². The Balaban J connectivity index is 1.10. The van der Waals surface area contributed by atoms with Gasteiger partial charge in [-0.25, -0.2) is 23.1 Å². The van der Waals surface area contributed by atoms with Gasteiger partial charge >= 0.3 is 0 Å². The van der Waals surface area contributed by atoms with Crippen molar-refractivity contribution in [2.45, 2.75) is 37.9 Å². The van der Waals surface area contributed by atoms with Gasteiger partial charge in [-0.15, -0.1) is 0 Å². The third-order valence-electron chi connectivity index (χ3n) is 8.91. The number of nitrogens with zero attached hydrogens (tertiary/aromatic N) is 5. The number of benzene rings is 2. The summed E-state index contributed by atoms with van der Waals surface area (Å²) in [6.45, 7) is 2.12. The van der Waals surface area contributed by atoms with E-state index in [1.807, 2.05) is 30.3 Å². The van der Waals surface area contributed by atoms with E-state index in [4.69, 9.17) is 4.98 Å². The summed E-state index contributed by atoms with van der Waals surface area (Å²) in [7, 11) is 0. The third kappa shape index (κ3) is 5.26. The lowest BCUT2D eigenvalue weighted by Gasteiger charge is -2.15. The molecule has 3 N–H and O–H groups in total. The summed E-state index contributed by atoms with van der Waals surface area (Å²) in [5.41, 5.74) is 5.48. The lowest BCUT2D eigenvalue weighted by molar-refractivity contribution is -0.122. The Morgan fingerprint density at radius 1 is 0.979 bits per heavy atom. The zero-order chi connectivity index (χ0) is 32.5. The van der Waals surface area contributed by atoms with Crippen molar-refractivity contribution in [3.05, 3.63) is 84.1 Å². The Morgan fingerprint density at radius 3 is 2.57 bits per heavy atom. The Kier molecular flexibility index (Phi) is 6.60. The van der Waals surface area contributed by atoms with Crippen LogP contribution in [0.5, 0.6) is 0 Å². The van der Waals surface area contributed by atoms with Gasteiger partial charge in [0.15, 0.2) is 11.5 Å². The SMILES string of the molecule is CC1(NCc2cc(F)cc(-c3cccc4[nH]c(-c5[nH]nc6ncc(-c7cncc(CN8CCC(F)(F)C8)c7)cc56)nc34)c2)C(=O)C1=O. The molecular formula is C34H27F3N8O2. The van der Waals surface area contributed by atoms with Crippen molar-refractivity contribution in [2.24, 2.45) is 0 Å². The van der Waals surface area contributed by atoms with Crippen molar-refractivity contribution in [3.63, 3.8) is 0 Å². The minimum Gasteiger partial charge on any atom is -0.337 e. The molecule has 236 valence electrons. The van der Waals surface area contributed by atoms with Crippen molar-refractivity contribution in [2.75, 3.05) is 13.1 Å². The molecule has 5 heterocycles. The number of Topliss-reactive ketones (excluding diaryl/α,β-unsaturated/α-hetero) is 2. The molecule has 2 aliphatic rings. The van der Waals surface area contributed by atoms with E-state index >= 15 is 0 Å². The number of pyridine rings is 2. The molecule has 1 aliphatic carbocycles. The minimum atomic E-state index is -2.66. The number of carbonyl (C=O) groups is 2. The number of hydrogen-bond donors (Lipinski definition) is 3. The highest BCUT2D eigenvalue weighted by Gasteiger charge is 2.61. The molecule has 0 amide bonds. The highest BCUT2D eigenvalue weighted by Crippen LogP contribution is 2.34. The Bertz CT molecular complexity index is 2230. The van der Waals surface area contributed by atoms with Crippen LogP contribution in [0.1, 0.15) is 24.5 Å². The number of imidazole rings is 1. The zero-order valence-corrected chi connectivity index (χ0v) is 25.1. The number of H-pyrrole nitrogens is 2. The number of alkyl halides is 2. The van der Waals surface area contributed by atoms with Crippen molar-refractivity contribution < 1.29 is 22.8 Å². The second kappa shape index (κ2) is 10.6. The first kappa shape index (κ1) is 29.2. The van der Waals surface area contributed by atoms with E-state index < -0.39 is 28.8 Å². The van der Waals surface area contributed by atoms with Gasteiger partial charge in [-0.05, 0) is 60.0 Å². The normalized spacial score (nSPS) is 17.3. The van der Waals surface area contributed by atoms with E-state index in [-0.39, 0.29) is 19.5 Å². The van der Waals surface area contributed by atoms with Crippen LogP contribution in [0.4, 0.5) is 13.2 Å². The van der Waals surface area contributed by atoms with E-state index in [0.717, 1.165) is 22.2 Å². The Morgan fingerprint density at radius 2 is 1.79 bits per heavy atom. The largest absolute Gasteiger partial charge is 0.337 e. The lowest BCUT2D eigenvalue weighted by Crippen LogP contribution is -2.31. The van der Waals surface area contributed by atoms with Gasteiger partial charge in [0, 0.05) is 61.3 Å². The standard InChI is InChI=1S/C34H27F3N8O2/c1-33(29(46)30(33)47)40-13-18-7-20(10-23(35)9-18)24-3-2-4-26-27(24)42-32(41-26)28-25-11-22(15-39-31(25)44-43-28)21-8-19(12-38-14-21)16-45-6-5-34(36,37)17-45/h2-4,7-12,14-15,40H,5-6,13,16-17H2,1H3,(H,41,42)(H,39,43,44). The maximum atomic E-state index is 14.8. The molecule has 2 fully saturated rings. The van der Waals surface area contributed by atoms with Crippen LogP contribution in [-0.2, 0) is 22.7 Å². The van der Waals surface area contributed by atoms with Crippen molar-refractivity contribution in [1.29, 1.82) is 0 Å². The number of carbonyl (C=O) groups excluding carboxylic acids is 2. The maximum absolute atomic E-state index is 14.8. The Labute approximate surface area is 265 Å². The topological polar surface area (TPSA) is 133 Å². The van der Waals surface area contributed by atoms with Crippen LogP contribution in [0.15, 0.2) is 67.1 Å².